The minimum atomic E-state index is 0.00861. The third-order valence-corrected chi connectivity index (χ3v) is 2.72. The molecule has 0 fully saturated rings. The summed E-state index contributed by atoms with van der Waals surface area (Å²) >= 11 is 0. The molecule has 1 unspecified atom stereocenters. The van der Waals surface area contributed by atoms with Crippen molar-refractivity contribution in [3.05, 3.63) is 59.9 Å². The molecule has 1 atom stereocenters. The number of aromatic nitrogens is 1. The molecule has 0 bridgehead atoms. The molecule has 1 heterocycles. The van der Waals surface area contributed by atoms with Gasteiger partial charge in [0, 0.05) is 29.9 Å². The standard InChI is InChI=1S/C14H14N2O/c15-12-6-4-11(5-7-12)13(8-10-17)14-3-1-2-9-16-14/h1-7,9-10,13H,8,15H2. The fraction of sp³-hybridized carbons (Fsp3) is 0.143. The number of nitrogens with zero attached hydrogens (tertiary/aromatic N) is 1. The Kier molecular flexibility index (Phi) is 3.50. The highest BCUT2D eigenvalue weighted by atomic mass is 16.1. The second-order valence-corrected chi connectivity index (χ2v) is 3.88. The van der Waals surface area contributed by atoms with E-state index in [-0.39, 0.29) is 5.92 Å². The van der Waals surface area contributed by atoms with Crippen molar-refractivity contribution in [3.8, 4) is 0 Å². The maximum Gasteiger partial charge on any atom is 0.120 e. The summed E-state index contributed by atoms with van der Waals surface area (Å²) in [7, 11) is 0. The highest BCUT2D eigenvalue weighted by molar-refractivity contribution is 5.54. The molecule has 2 aromatic rings. The van der Waals surface area contributed by atoms with Gasteiger partial charge in [0.05, 0.1) is 0 Å². The van der Waals surface area contributed by atoms with Gasteiger partial charge in [-0.2, -0.15) is 0 Å². The zero-order valence-corrected chi connectivity index (χ0v) is 9.41. The van der Waals surface area contributed by atoms with Gasteiger partial charge < -0.3 is 10.5 Å². The zero-order chi connectivity index (χ0) is 12.1. The van der Waals surface area contributed by atoms with Crippen LogP contribution in [-0.4, -0.2) is 11.3 Å². The molecular weight excluding hydrogens is 212 g/mol. The van der Waals surface area contributed by atoms with Crippen LogP contribution in [0.5, 0.6) is 0 Å². The second kappa shape index (κ2) is 5.25. The average molecular weight is 226 g/mol. The van der Waals surface area contributed by atoms with Crippen LogP contribution in [-0.2, 0) is 4.79 Å². The van der Waals surface area contributed by atoms with Crippen LogP contribution in [0.1, 0.15) is 23.6 Å². The number of nitrogens with two attached hydrogens (primary N) is 1. The van der Waals surface area contributed by atoms with E-state index < -0.39 is 0 Å². The van der Waals surface area contributed by atoms with Gasteiger partial charge in [0.15, 0.2) is 0 Å². The van der Waals surface area contributed by atoms with Crippen molar-refractivity contribution in [2.75, 3.05) is 5.73 Å². The molecule has 0 radical (unpaired) electrons. The summed E-state index contributed by atoms with van der Waals surface area (Å²) in [4.78, 5) is 15.1. The Labute approximate surface area is 100 Å². The number of aldehydes is 1. The minimum absolute atomic E-state index is 0.00861. The first kappa shape index (κ1) is 11.3. The predicted molar refractivity (Wildman–Crippen MR) is 67.6 cm³/mol. The smallest absolute Gasteiger partial charge is 0.120 e. The van der Waals surface area contributed by atoms with Gasteiger partial charge in [0.25, 0.3) is 0 Å². The zero-order valence-electron chi connectivity index (χ0n) is 9.41. The summed E-state index contributed by atoms with van der Waals surface area (Å²) in [6, 6.07) is 13.3. The van der Waals surface area contributed by atoms with Gasteiger partial charge in [-0.25, -0.2) is 0 Å². The molecule has 86 valence electrons. The molecule has 0 amide bonds. The molecule has 0 aliphatic carbocycles. The molecule has 0 saturated carbocycles. The van der Waals surface area contributed by atoms with Gasteiger partial charge >= 0.3 is 0 Å². The first-order chi connectivity index (χ1) is 8.31. The Balaban J connectivity index is 2.35. The highest BCUT2D eigenvalue weighted by Gasteiger charge is 2.14. The monoisotopic (exact) mass is 226 g/mol. The maximum absolute atomic E-state index is 10.8. The van der Waals surface area contributed by atoms with Crippen LogP contribution in [0.3, 0.4) is 0 Å². The third kappa shape index (κ3) is 2.69. The van der Waals surface area contributed by atoms with Gasteiger partial charge in [-0.05, 0) is 29.8 Å². The molecule has 3 heteroatoms. The van der Waals surface area contributed by atoms with Crippen LogP contribution >= 0.6 is 0 Å². The summed E-state index contributed by atoms with van der Waals surface area (Å²) in [5, 5.41) is 0. The lowest BCUT2D eigenvalue weighted by molar-refractivity contribution is -0.108. The van der Waals surface area contributed by atoms with Crippen molar-refractivity contribution >= 4 is 12.0 Å². The molecule has 0 saturated heterocycles. The third-order valence-electron chi connectivity index (χ3n) is 2.72. The Morgan fingerprint density at radius 1 is 1.18 bits per heavy atom. The fourth-order valence-corrected chi connectivity index (χ4v) is 1.83. The van der Waals surface area contributed by atoms with E-state index in [0.29, 0.717) is 6.42 Å². The van der Waals surface area contributed by atoms with Crippen LogP contribution < -0.4 is 5.73 Å². The van der Waals surface area contributed by atoms with Crippen molar-refractivity contribution < 1.29 is 4.79 Å². The van der Waals surface area contributed by atoms with Crippen molar-refractivity contribution in [2.24, 2.45) is 0 Å². The average Bonchev–Trinajstić information content (AvgIpc) is 2.38. The molecule has 2 rings (SSSR count). The predicted octanol–water partition coefficient (Wildman–Crippen LogP) is 2.38. The number of benzene rings is 1. The Hall–Kier alpha value is -2.16. The molecule has 3 nitrogen and oxygen atoms in total. The Morgan fingerprint density at radius 3 is 2.53 bits per heavy atom. The minimum Gasteiger partial charge on any atom is -0.399 e. The summed E-state index contributed by atoms with van der Waals surface area (Å²) < 4.78 is 0. The van der Waals surface area contributed by atoms with Crippen molar-refractivity contribution in [1.29, 1.82) is 0 Å². The topological polar surface area (TPSA) is 56.0 Å². The van der Waals surface area contributed by atoms with Crippen molar-refractivity contribution in [1.82, 2.24) is 4.98 Å². The number of rotatable bonds is 4. The lowest BCUT2D eigenvalue weighted by atomic mass is 9.92. The second-order valence-electron chi connectivity index (χ2n) is 3.88. The summed E-state index contributed by atoms with van der Waals surface area (Å²) in [5.74, 6) is 0.00861. The molecule has 2 N–H and O–H groups in total. The van der Waals surface area contributed by atoms with Crippen LogP contribution in [0, 0.1) is 0 Å². The fourth-order valence-electron chi connectivity index (χ4n) is 1.83. The maximum atomic E-state index is 10.8. The molecule has 0 aliphatic rings. The molecule has 1 aromatic carbocycles. The first-order valence-electron chi connectivity index (χ1n) is 5.51. The van der Waals surface area contributed by atoms with Gasteiger partial charge in [-0.15, -0.1) is 0 Å². The summed E-state index contributed by atoms with van der Waals surface area (Å²) in [5.41, 5.74) is 8.34. The van der Waals surface area contributed by atoms with E-state index in [1.54, 1.807) is 6.20 Å². The summed E-state index contributed by atoms with van der Waals surface area (Å²) in [6.45, 7) is 0. The van der Waals surface area contributed by atoms with Crippen LogP contribution in [0.25, 0.3) is 0 Å². The Morgan fingerprint density at radius 2 is 1.94 bits per heavy atom. The molecule has 0 aliphatic heterocycles. The van der Waals surface area contributed by atoms with E-state index in [1.165, 1.54) is 0 Å². The van der Waals surface area contributed by atoms with E-state index in [9.17, 15) is 4.79 Å². The van der Waals surface area contributed by atoms with Gasteiger partial charge in [-0.1, -0.05) is 18.2 Å². The number of nitrogen functional groups attached to an aromatic ring is 1. The van der Waals surface area contributed by atoms with E-state index in [4.69, 9.17) is 5.73 Å². The van der Waals surface area contributed by atoms with Gasteiger partial charge in [0.2, 0.25) is 0 Å². The largest absolute Gasteiger partial charge is 0.399 e. The van der Waals surface area contributed by atoms with E-state index in [0.717, 1.165) is 23.2 Å². The molecular formula is C14H14N2O. The van der Waals surface area contributed by atoms with E-state index in [1.807, 2.05) is 42.5 Å². The number of carbonyl (C=O) groups is 1. The first-order valence-corrected chi connectivity index (χ1v) is 5.51. The van der Waals surface area contributed by atoms with Crippen LogP contribution in [0.2, 0.25) is 0 Å². The van der Waals surface area contributed by atoms with E-state index >= 15 is 0 Å². The van der Waals surface area contributed by atoms with Crippen LogP contribution in [0.4, 0.5) is 5.69 Å². The number of pyridine rings is 1. The molecule has 17 heavy (non-hydrogen) atoms. The SMILES string of the molecule is Nc1ccc(C(CC=O)c2ccccn2)cc1. The highest BCUT2D eigenvalue weighted by Crippen LogP contribution is 2.26. The van der Waals surface area contributed by atoms with Crippen molar-refractivity contribution in [2.45, 2.75) is 12.3 Å². The van der Waals surface area contributed by atoms with E-state index in [2.05, 4.69) is 4.98 Å². The van der Waals surface area contributed by atoms with Crippen LogP contribution in [0.15, 0.2) is 48.7 Å². The summed E-state index contributed by atoms with van der Waals surface area (Å²) in [6.07, 6.45) is 3.10. The number of carbonyl (C=O) groups excluding carboxylic acids is 1. The number of hydrogen-bond acceptors (Lipinski definition) is 3. The quantitative estimate of drug-likeness (QED) is 0.643. The van der Waals surface area contributed by atoms with Gasteiger partial charge in [0.1, 0.15) is 6.29 Å². The number of anilines is 1. The molecule has 1 aromatic heterocycles. The lowest BCUT2D eigenvalue weighted by Gasteiger charge is -2.14. The molecule has 0 spiro atoms. The number of hydrogen-bond donors (Lipinski definition) is 1. The normalized spacial score (nSPS) is 12.0. The van der Waals surface area contributed by atoms with Gasteiger partial charge in [-0.3, -0.25) is 4.98 Å². The lowest BCUT2D eigenvalue weighted by Crippen LogP contribution is -2.04. The van der Waals surface area contributed by atoms with Crippen molar-refractivity contribution in [3.63, 3.8) is 0 Å². The Bertz CT molecular complexity index is 479.